The summed E-state index contributed by atoms with van der Waals surface area (Å²) in [5.74, 6) is 0.850. The van der Waals surface area contributed by atoms with Crippen LogP contribution in [-0.4, -0.2) is 11.0 Å². The fourth-order valence-electron chi connectivity index (χ4n) is 1.53. The fraction of sp³-hybridized carbons (Fsp3) is 1.00. The Morgan fingerprint density at radius 1 is 1.07 bits per heavy atom. The average Bonchev–Trinajstić information content (AvgIpc) is 2.03. The molecule has 0 amide bonds. The SMILES string of the molecule is CSC(C)(C)C(C)(C)CCCC(C)C. The summed E-state index contributed by atoms with van der Waals surface area (Å²) in [5, 5.41) is 0. The maximum absolute atomic E-state index is 2.41. The first-order valence-corrected chi connectivity index (χ1v) is 7.00. The van der Waals surface area contributed by atoms with E-state index in [-0.39, 0.29) is 0 Å². The average molecular weight is 216 g/mol. The second-order valence-corrected chi connectivity index (χ2v) is 7.31. The summed E-state index contributed by atoms with van der Waals surface area (Å²) in [7, 11) is 0. The maximum atomic E-state index is 2.41. The van der Waals surface area contributed by atoms with Crippen LogP contribution in [-0.2, 0) is 0 Å². The molecule has 14 heavy (non-hydrogen) atoms. The second kappa shape index (κ2) is 5.44. The summed E-state index contributed by atoms with van der Waals surface area (Å²) in [6.45, 7) is 14.2. The van der Waals surface area contributed by atoms with Gasteiger partial charge in [0.2, 0.25) is 0 Å². The molecule has 0 nitrogen and oxygen atoms in total. The highest BCUT2D eigenvalue weighted by Crippen LogP contribution is 2.43. The minimum absolute atomic E-state index is 0.393. The second-order valence-electron chi connectivity index (χ2n) is 5.88. The highest BCUT2D eigenvalue weighted by Gasteiger charge is 2.35. The van der Waals surface area contributed by atoms with Gasteiger partial charge in [0.1, 0.15) is 0 Å². The van der Waals surface area contributed by atoms with Gasteiger partial charge >= 0.3 is 0 Å². The molecule has 0 radical (unpaired) electrons. The molecule has 0 saturated carbocycles. The van der Waals surface area contributed by atoms with Gasteiger partial charge in [-0.25, -0.2) is 0 Å². The van der Waals surface area contributed by atoms with Crippen molar-refractivity contribution in [1.29, 1.82) is 0 Å². The molecular formula is C13H28S. The van der Waals surface area contributed by atoms with Crippen LogP contribution in [0.4, 0.5) is 0 Å². The summed E-state index contributed by atoms with van der Waals surface area (Å²) < 4.78 is 0.393. The molecule has 0 aromatic rings. The summed E-state index contributed by atoms with van der Waals surface area (Å²) in [4.78, 5) is 0. The predicted molar refractivity (Wildman–Crippen MR) is 70.1 cm³/mol. The monoisotopic (exact) mass is 216 g/mol. The summed E-state index contributed by atoms with van der Waals surface area (Å²) in [5.41, 5.74) is 0.446. The van der Waals surface area contributed by atoms with Gasteiger partial charge in [0.25, 0.3) is 0 Å². The Labute approximate surface area is 95.2 Å². The van der Waals surface area contributed by atoms with Crippen LogP contribution in [0.1, 0.15) is 60.8 Å². The third kappa shape index (κ3) is 4.25. The van der Waals surface area contributed by atoms with Crippen LogP contribution in [0.3, 0.4) is 0 Å². The van der Waals surface area contributed by atoms with Crippen LogP contribution in [0.25, 0.3) is 0 Å². The van der Waals surface area contributed by atoms with Crippen LogP contribution < -0.4 is 0 Å². The lowest BCUT2D eigenvalue weighted by Crippen LogP contribution is -2.35. The predicted octanol–water partition coefficient (Wildman–Crippen LogP) is 4.98. The van der Waals surface area contributed by atoms with Crippen LogP contribution in [0.15, 0.2) is 0 Å². The Balaban J connectivity index is 4.07. The third-order valence-electron chi connectivity index (χ3n) is 3.72. The molecule has 0 fully saturated rings. The normalized spacial score (nSPS) is 13.7. The Morgan fingerprint density at radius 3 is 1.93 bits per heavy atom. The van der Waals surface area contributed by atoms with Gasteiger partial charge in [-0.15, -0.1) is 0 Å². The van der Waals surface area contributed by atoms with Gasteiger partial charge in [0, 0.05) is 4.75 Å². The van der Waals surface area contributed by atoms with Crippen LogP contribution >= 0.6 is 11.8 Å². The molecule has 0 atom stereocenters. The van der Waals surface area contributed by atoms with Gasteiger partial charge in [-0.2, -0.15) is 11.8 Å². The highest BCUT2D eigenvalue weighted by molar-refractivity contribution is 7.99. The van der Waals surface area contributed by atoms with E-state index in [4.69, 9.17) is 0 Å². The van der Waals surface area contributed by atoms with Gasteiger partial charge in [-0.1, -0.05) is 54.4 Å². The zero-order valence-electron chi connectivity index (χ0n) is 11.1. The summed E-state index contributed by atoms with van der Waals surface area (Å²) in [6.07, 6.45) is 6.31. The Kier molecular flexibility index (Phi) is 5.57. The van der Waals surface area contributed by atoms with Crippen molar-refractivity contribution in [3.05, 3.63) is 0 Å². The lowest BCUT2D eigenvalue weighted by molar-refractivity contribution is 0.247. The molecule has 0 heterocycles. The van der Waals surface area contributed by atoms with E-state index >= 15 is 0 Å². The summed E-state index contributed by atoms with van der Waals surface area (Å²) in [6, 6.07) is 0. The van der Waals surface area contributed by atoms with Crippen molar-refractivity contribution in [2.75, 3.05) is 6.26 Å². The molecule has 0 aromatic carbocycles. The zero-order chi connectivity index (χ0) is 11.4. The molecule has 0 rings (SSSR count). The molecule has 0 aliphatic heterocycles. The van der Waals surface area contributed by atoms with E-state index in [0.29, 0.717) is 10.2 Å². The number of thioether (sulfide) groups is 1. The Hall–Kier alpha value is 0.350. The standard InChI is InChI=1S/C13H28S/c1-11(2)9-8-10-12(3,4)13(5,6)14-7/h11H,8-10H2,1-7H3. The zero-order valence-corrected chi connectivity index (χ0v) is 11.9. The van der Waals surface area contributed by atoms with Crippen LogP contribution in [0.5, 0.6) is 0 Å². The van der Waals surface area contributed by atoms with E-state index in [1.807, 2.05) is 11.8 Å². The van der Waals surface area contributed by atoms with Crippen molar-refractivity contribution >= 4 is 11.8 Å². The molecule has 0 bridgehead atoms. The number of hydrogen-bond acceptors (Lipinski definition) is 1. The van der Waals surface area contributed by atoms with Crippen LogP contribution in [0.2, 0.25) is 0 Å². The van der Waals surface area contributed by atoms with Crippen molar-refractivity contribution in [2.24, 2.45) is 11.3 Å². The molecule has 1 heteroatoms. The molecule has 0 unspecified atom stereocenters. The Bertz CT molecular complexity index is 157. The van der Waals surface area contributed by atoms with Crippen molar-refractivity contribution in [1.82, 2.24) is 0 Å². The van der Waals surface area contributed by atoms with Gasteiger partial charge in [-0.05, 0) is 24.0 Å². The van der Waals surface area contributed by atoms with Gasteiger partial charge in [0.05, 0.1) is 0 Å². The first-order valence-electron chi connectivity index (χ1n) is 5.78. The number of hydrogen-bond donors (Lipinski definition) is 0. The Morgan fingerprint density at radius 2 is 1.57 bits per heavy atom. The van der Waals surface area contributed by atoms with E-state index < -0.39 is 0 Å². The van der Waals surface area contributed by atoms with E-state index in [1.54, 1.807) is 0 Å². The highest BCUT2D eigenvalue weighted by atomic mass is 32.2. The first kappa shape index (κ1) is 14.3. The molecule has 86 valence electrons. The van der Waals surface area contributed by atoms with E-state index in [1.165, 1.54) is 19.3 Å². The lowest BCUT2D eigenvalue weighted by atomic mass is 9.76. The molecule has 0 aliphatic carbocycles. The minimum atomic E-state index is 0.393. The third-order valence-corrected chi connectivity index (χ3v) is 5.30. The van der Waals surface area contributed by atoms with Crippen molar-refractivity contribution in [3.63, 3.8) is 0 Å². The molecule has 0 spiro atoms. The molecular weight excluding hydrogens is 188 g/mol. The fourth-order valence-corrected chi connectivity index (χ4v) is 2.18. The maximum Gasteiger partial charge on any atom is 0.0151 e. The van der Waals surface area contributed by atoms with Gasteiger partial charge in [0.15, 0.2) is 0 Å². The van der Waals surface area contributed by atoms with Crippen molar-refractivity contribution in [2.45, 2.75) is 65.6 Å². The first-order chi connectivity index (χ1) is 6.23. The van der Waals surface area contributed by atoms with Gasteiger partial charge in [-0.3, -0.25) is 0 Å². The smallest absolute Gasteiger partial charge is 0.0151 e. The lowest BCUT2D eigenvalue weighted by Gasteiger charge is -2.40. The van der Waals surface area contributed by atoms with Crippen molar-refractivity contribution in [3.8, 4) is 0 Å². The summed E-state index contributed by atoms with van der Waals surface area (Å²) >= 11 is 1.99. The quantitative estimate of drug-likeness (QED) is 0.603. The largest absolute Gasteiger partial charge is 0.159 e. The molecule has 0 aliphatic rings. The van der Waals surface area contributed by atoms with Crippen LogP contribution in [0, 0.1) is 11.3 Å². The number of rotatable bonds is 6. The topological polar surface area (TPSA) is 0 Å². The van der Waals surface area contributed by atoms with E-state index in [9.17, 15) is 0 Å². The molecule has 0 aromatic heterocycles. The van der Waals surface area contributed by atoms with Gasteiger partial charge < -0.3 is 0 Å². The minimum Gasteiger partial charge on any atom is -0.159 e. The van der Waals surface area contributed by atoms with E-state index in [2.05, 4.69) is 47.8 Å². The molecule has 0 N–H and O–H groups in total. The van der Waals surface area contributed by atoms with E-state index in [0.717, 1.165) is 5.92 Å². The van der Waals surface area contributed by atoms with Crippen molar-refractivity contribution < 1.29 is 0 Å². The molecule has 0 saturated heterocycles.